The summed E-state index contributed by atoms with van der Waals surface area (Å²) in [7, 11) is 2.40. The summed E-state index contributed by atoms with van der Waals surface area (Å²) in [6.45, 7) is 3.92. The molecule has 0 aliphatic carbocycles. The summed E-state index contributed by atoms with van der Waals surface area (Å²) in [4.78, 5) is 0. The summed E-state index contributed by atoms with van der Waals surface area (Å²) in [5.74, 6) is 0. The molecular weight excluding hydrogens is 170 g/mol. The van der Waals surface area contributed by atoms with Crippen molar-refractivity contribution in [3.63, 3.8) is 0 Å². The molecule has 0 radical (unpaired) electrons. The molecule has 1 aliphatic rings. The highest BCUT2D eigenvalue weighted by molar-refractivity contribution is 5.13. The molecule has 1 saturated heterocycles. The fourth-order valence-electron chi connectivity index (χ4n) is 2.46. The van der Waals surface area contributed by atoms with E-state index in [9.17, 15) is 0 Å². The minimum Gasteiger partial charge on any atom is -0.322 e. The van der Waals surface area contributed by atoms with Crippen LogP contribution in [-0.2, 0) is 6.54 Å². The average molecular weight is 190 g/mol. The molecule has 1 aromatic rings. The van der Waals surface area contributed by atoms with E-state index in [0.29, 0.717) is 0 Å². The molecule has 1 aliphatic heterocycles. The van der Waals surface area contributed by atoms with Gasteiger partial charge in [0.1, 0.15) is 6.54 Å². The van der Waals surface area contributed by atoms with Gasteiger partial charge in [0.2, 0.25) is 0 Å². The number of hydrogen-bond acceptors (Lipinski definition) is 0. The zero-order valence-electron chi connectivity index (χ0n) is 9.08. The Morgan fingerprint density at radius 1 is 1.00 bits per heavy atom. The molecule has 0 unspecified atom stereocenters. The number of benzene rings is 1. The van der Waals surface area contributed by atoms with Crippen molar-refractivity contribution in [1.29, 1.82) is 0 Å². The van der Waals surface area contributed by atoms with E-state index < -0.39 is 0 Å². The van der Waals surface area contributed by atoms with Gasteiger partial charge in [-0.25, -0.2) is 0 Å². The molecule has 1 fully saturated rings. The standard InChI is InChI=1S/C13H20N/c1-14(10-6-3-7-11-14)12-13-8-4-2-5-9-13/h2,4-5,8-9H,3,6-7,10-12H2,1H3/q+1. The van der Waals surface area contributed by atoms with Crippen LogP contribution < -0.4 is 0 Å². The molecule has 1 aromatic carbocycles. The molecule has 1 heteroatoms. The number of likely N-dealkylation sites (tertiary alicyclic amines) is 1. The van der Waals surface area contributed by atoms with E-state index in [-0.39, 0.29) is 0 Å². The lowest BCUT2D eigenvalue weighted by Gasteiger charge is -2.37. The maximum atomic E-state index is 2.40. The van der Waals surface area contributed by atoms with Crippen LogP contribution in [0.5, 0.6) is 0 Å². The third kappa shape index (κ3) is 2.36. The van der Waals surface area contributed by atoms with Crippen molar-refractivity contribution in [2.75, 3.05) is 20.1 Å². The Balaban J connectivity index is 2.02. The Bertz CT molecular complexity index is 273. The van der Waals surface area contributed by atoms with Crippen LogP contribution in [0.2, 0.25) is 0 Å². The first-order chi connectivity index (χ1) is 6.79. The Morgan fingerprint density at radius 2 is 1.64 bits per heavy atom. The summed E-state index contributed by atoms with van der Waals surface area (Å²) in [6.07, 6.45) is 4.25. The van der Waals surface area contributed by atoms with Crippen molar-refractivity contribution in [1.82, 2.24) is 0 Å². The van der Waals surface area contributed by atoms with Gasteiger partial charge >= 0.3 is 0 Å². The van der Waals surface area contributed by atoms with Crippen LogP contribution in [0.1, 0.15) is 24.8 Å². The number of hydrogen-bond donors (Lipinski definition) is 0. The summed E-state index contributed by atoms with van der Waals surface area (Å²) < 4.78 is 1.24. The predicted molar refractivity (Wildman–Crippen MR) is 59.9 cm³/mol. The van der Waals surface area contributed by atoms with Gasteiger partial charge in [0.25, 0.3) is 0 Å². The summed E-state index contributed by atoms with van der Waals surface area (Å²) in [5.41, 5.74) is 1.48. The average Bonchev–Trinajstić information content (AvgIpc) is 2.19. The summed E-state index contributed by atoms with van der Waals surface area (Å²) in [5, 5.41) is 0. The van der Waals surface area contributed by atoms with Crippen molar-refractivity contribution in [2.45, 2.75) is 25.8 Å². The van der Waals surface area contributed by atoms with Crippen molar-refractivity contribution < 1.29 is 4.48 Å². The van der Waals surface area contributed by atoms with Crippen LogP contribution in [0.4, 0.5) is 0 Å². The molecule has 0 spiro atoms. The van der Waals surface area contributed by atoms with E-state index in [0.717, 1.165) is 0 Å². The summed E-state index contributed by atoms with van der Waals surface area (Å²) >= 11 is 0. The fraction of sp³-hybridized carbons (Fsp3) is 0.538. The van der Waals surface area contributed by atoms with Crippen LogP contribution in [-0.4, -0.2) is 24.6 Å². The second-order valence-electron chi connectivity index (χ2n) is 4.77. The molecular formula is C13H20N+. The number of rotatable bonds is 2. The van der Waals surface area contributed by atoms with Gasteiger partial charge in [-0.05, 0) is 19.3 Å². The number of quaternary nitrogens is 1. The zero-order chi connectivity index (χ0) is 9.86. The Labute approximate surface area is 86.9 Å². The Morgan fingerprint density at radius 3 is 2.29 bits per heavy atom. The third-order valence-electron chi connectivity index (χ3n) is 3.30. The molecule has 1 heterocycles. The molecule has 76 valence electrons. The molecule has 0 aromatic heterocycles. The first-order valence-electron chi connectivity index (χ1n) is 5.66. The minimum atomic E-state index is 1.21. The minimum absolute atomic E-state index is 1.21. The first-order valence-corrected chi connectivity index (χ1v) is 5.66. The molecule has 2 rings (SSSR count). The third-order valence-corrected chi connectivity index (χ3v) is 3.30. The number of piperidine rings is 1. The van der Waals surface area contributed by atoms with E-state index >= 15 is 0 Å². The topological polar surface area (TPSA) is 0 Å². The molecule has 0 saturated carbocycles. The second kappa shape index (κ2) is 4.14. The SMILES string of the molecule is C[N+]1(Cc2ccccc2)CCCCC1. The van der Waals surface area contributed by atoms with E-state index in [1.807, 2.05) is 0 Å². The highest BCUT2D eigenvalue weighted by Crippen LogP contribution is 2.19. The lowest BCUT2D eigenvalue weighted by Crippen LogP contribution is -2.46. The van der Waals surface area contributed by atoms with Gasteiger partial charge in [0.15, 0.2) is 0 Å². The largest absolute Gasteiger partial charge is 0.322 e. The van der Waals surface area contributed by atoms with Crippen molar-refractivity contribution in [3.05, 3.63) is 35.9 Å². The molecule has 1 nitrogen and oxygen atoms in total. The molecule has 0 N–H and O–H groups in total. The monoisotopic (exact) mass is 190 g/mol. The fourth-order valence-corrected chi connectivity index (χ4v) is 2.46. The maximum absolute atomic E-state index is 2.40. The van der Waals surface area contributed by atoms with E-state index in [1.165, 1.54) is 48.9 Å². The van der Waals surface area contributed by atoms with E-state index in [2.05, 4.69) is 37.4 Å². The van der Waals surface area contributed by atoms with Crippen molar-refractivity contribution >= 4 is 0 Å². The van der Waals surface area contributed by atoms with Crippen LogP contribution in [0.25, 0.3) is 0 Å². The van der Waals surface area contributed by atoms with Crippen LogP contribution in [0.15, 0.2) is 30.3 Å². The van der Waals surface area contributed by atoms with Gasteiger partial charge in [0, 0.05) is 5.56 Å². The Hall–Kier alpha value is -0.820. The highest BCUT2D eigenvalue weighted by atomic mass is 15.3. The van der Waals surface area contributed by atoms with Crippen LogP contribution in [0.3, 0.4) is 0 Å². The molecule has 0 atom stereocenters. The van der Waals surface area contributed by atoms with Gasteiger partial charge in [-0.2, -0.15) is 0 Å². The highest BCUT2D eigenvalue weighted by Gasteiger charge is 2.24. The smallest absolute Gasteiger partial charge is 0.104 e. The zero-order valence-corrected chi connectivity index (χ0v) is 9.08. The lowest BCUT2D eigenvalue weighted by molar-refractivity contribution is -0.926. The van der Waals surface area contributed by atoms with Gasteiger partial charge in [-0.3, -0.25) is 0 Å². The summed E-state index contributed by atoms with van der Waals surface area (Å²) in [6, 6.07) is 10.9. The Kier molecular flexibility index (Phi) is 2.87. The second-order valence-corrected chi connectivity index (χ2v) is 4.77. The quantitative estimate of drug-likeness (QED) is 0.629. The molecule has 14 heavy (non-hydrogen) atoms. The number of nitrogens with zero attached hydrogens (tertiary/aromatic N) is 1. The normalized spacial score (nSPS) is 20.6. The lowest BCUT2D eigenvalue weighted by atomic mass is 10.1. The van der Waals surface area contributed by atoms with E-state index in [1.54, 1.807) is 0 Å². The van der Waals surface area contributed by atoms with Crippen molar-refractivity contribution in [3.8, 4) is 0 Å². The van der Waals surface area contributed by atoms with Gasteiger partial charge in [0.05, 0.1) is 20.1 Å². The van der Waals surface area contributed by atoms with Gasteiger partial charge in [-0.15, -0.1) is 0 Å². The van der Waals surface area contributed by atoms with Crippen molar-refractivity contribution in [2.24, 2.45) is 0 Å². The van der Waals surface area contributed by atoms with Crippen LogP contribution in [0, 0.1) is 0 Å². The molecule has 0 amide bonds. The molecule has 0 bridgehead atoms. The predicted octanol–water partition coefficient (Wildman–Crippen LogP) is 2.82. The van der Waals surface area contributed by atoms with Gasteiger partial charge in [-0.1, -0.05) is 30.3 Å². The first kappa shape index (κ1) is 9.72. The van der Waals surface area contributed by atoms with Gasteiger partial charge < -0.3 is 4.48 Å². The maximum Gasteiger partial charge on any atom is 0.104 e. The van der Waals surface area contributed by atoms with Crippen LogP contribution >= 0.6 is 0 Å². The van der Waals surface area contributed by atoms with E-state index in [4.69, 9.17) is 0 Å².